The van der Waals surface area contributed by atoms with Crippen molar-refractivity contribution in [3.05, 3.63) is 156 Å². The highest BCUT2D eigenvalue weighted by molar-refractivity contribution is 7.79. The van der Waals surface area contributed by atoms with Gasteiger partial charge in [0, 0.05) is 39.1 Å². The first-order valence-electron chi connectivity index (χ1n) is 22.4. The molecule has 308 valence electrons. The first kappa shape index (κ1) is 39.9. The van der Waals surface area contributed by atoms with E-state index < -0.39 is 7.92 Å². The van der Waals surface area contributed by atoms with Crippen molar-refractivity contribution in [1.82, 2.24) is 4.90 Å². The van der Waals surface area contributed by atoms with Gasteiger partial charge in [0.1, 0.15) is 0 Å². The summed E-state index contributed by atoms with van der Waals surface area (Å²) in [6.45, 7) is 4.39. The van der Waals surface area contributed by atoms with E-state index >= 15 is 0 Å². The molecule has 0 radical (unpaired) electrons. The molecule has 10 rings (SSSR count). The van der Waals surface area contributed by atoms with Crippen LogP contribution in [0.5, 0.6) is 0 Å². The maximum absolute atomic E-state index is 14.6. The number of nitrogens with zero attached hydrogens (tertiary/aromatic N) is 2. The molecule has 0 unspecified atom stereocenters. The Morgan fingerprint density at radius 3 is 1.19 bits per heavy atom. The summed E-state index contributed by atoms with van der Waals surface area (Å²) in [4.78, 5) is 61.1. The average molecular weight is 833 g/mol. The van der Waals surface area contributed by atoms with Crippen LogP contribution in [-0.4, -0.2) is 34.6 Å². The second-order valence-corrected chi connectivity index (χ2v) is 19.2. The van der Waals surface area contributed by atoms with Crippen molar-refractivity contribution in [3.63, 3.8) is 0 Å². The number of carbonyl (C=O) groups is 4. The highest BCUT2D eigenvalue weighted by Crippen LogP contribution is 2.47. The molecule has 0 bridgehead atoms. The Hall–Kier alpha value is -6.23. The van der Waals surface area contributed by atoms with Gasteiger partial charge >= 0.3 is 0 Å². The summed E-state index contributed by atoms with van der Waals surface area (Å²) >= 11 is 0. The number of fused-ring (bicyclic) bond motifs is 2. The zero-order chi connectivity index (χ0) is 42.5. The molecule has 0 fully saturated rings. The molecule has 0 aliphatic carbocycles. The van der Waals surface area contributed by atoms with Crippen LogP contribution < -0.4 is 20.8 Å². The van der Waals surface area contributed by atoms with Gasteiger partial charge in [-0.25, -0.2) is 4.90 Å². The van der Waals surface area contributed by atoms with Gasteiger partial charge in [-0.05, 0) is 105 Å². The smallest absolute Gasteiger partial charge is 0.265 e. The van der Waals surface area contributed by atoms with Gasteiger partial charge in [0.25, 0.3) is 23.6 Å². The standard InChI is InChI=1S/C55H49N2O4P/c1-3-5-7-11-17-35(18-12-8-6-4-2)56-52(58)44-31-27-40-42-29-33-46-51-47(34-30-43(49(42)51)41-28-32-45(53(56)59)50(44)48(40)41)55(61)57(54(46)60)36-23-25-39(26-24-36)62(37-19-13-9-14-20-37)38-21-15-10-16-22-38/h9-10,13-16,19-35H,3-8,11-12,17-18H2,1-2H3. The molecule has 2 aliphatic heterocycles. The average Bonchev–Trinajstić information content (AvgIpc) is 3.30. The van der Waals surface area contributed by atoms with E-state index in [4.69, 9.17) is 0 Å². The van der Waals surface area contributed by atoms with Crippen molar-refractivity contribution in [2.24, 2.45) is 0 Å². The largest absolute Gasteiger partial charge is 0.271 e. The van der Waals surface area contributed by atoms with Gasteiger partial charge in [-0.1, -0.05) is 162 Å². The number of anilines is 1. The second-order valence-electron chi connectivity index (χ2n) is 16.9. The first-order chi connectivity index (χ1) is 30.4. The second kappa shape index (κ2) is 16.6. The third-order valence-electron chi connectivity index (χ3n) is 13.2. The van der Waals surface area contributed by atoms with E-state index in [-0.39, 0.29) is 29.7 Å². The van der Waals surface area contributed by atoms with E-state index in [1.165, 1.54) is 15.5 Å². The summed E-state index contributed by atoms with van der Waals surface area (Å²) in [5, 5.41) is 10.2. The van der Waals surface area contributed by atoms with Crippen LogP contribution in [0.25, 0.3) is 43.1 Å². The van der Waals surface area contributed by atoms with Crippen molar-refractivity contribution in [2.45, 2.75) is 84.1 Å². The summed E-state index contributed by atoms with van der Waals surface area (Å²) in [6, 6.07) is 44.0. The summed E-state index contributed by atoms with van der Waals surface area (Å²) in [6.07, 6.45) is 10.4. The van der Waals surface area contributed by atoms with Crippen molar-refractivity contribution in [2.75, 3.05) is 4.90 Å². The number of amides is 4. The lowest BCUT2D eigenvalue weighted by molar-refractivity contribution is 0.0516. The Morgan fingerprint density at radius 1 is 0.403 bits per heavy atom. The van der Waals surface area contributed by atoms with Crippen LogP contribution in [0.4, 0.5) is 5.69 Å². The van der Waals surface area contributed by atoms with Gasteiger partial charge in [-0.15, -0.1) is 0 Å². The van der Waals surface area contributed by atoms with E-state index in [2.05, 4.69) is 62.4 Å². The lowest BCUT2D eigenvalue weighted by Crippen LogP contribution is -2.47. The SMILES string of the molecule is CCCCCCC(CCCCCC)N1C(=O)c2ccc3c4ccc5c6c(ccc(c7ccc(c2c37)C1=O)c64)C(=O)N(c1ccc(P(c2ccccc2)c2ccccc2)cc1)C5=O. The molecule has 0 saturated carbocycles. The van der Waals surface area contributed by atoms with Crippen molar-refractivity contribution in [1.29, 1.82) is 0 Å². The van der Waals surface area contributed by atoms with Crippen LogP contribution in [0.1, 0.15) is 119 Å². The van der Waals surface area contributed by atoms with E-state index in [0.29, 0.717) is 38.7 Å². The van der Waals surface area contributed by atoms with E-state index in [9.17, 15) is 19.2 Å². The lowest BCUT2D eigenvalue weighted by Gasteiger charge is -2.35. The molecule has 4 amide bonds. The highest BCUT2D eigenvalue weighted by Gasteiger charge is 2.39. The molecule has 6 nitrogen and oxygen atoms in total. The van der Waals surface area contributed by atoms with Crippen LogP contribution in [0.15, 0.2) is 133 Å². The van der Waals surface area contributed by atoms with Gasteiger partial charge in [-0.2, -0.15) is 0 Å². The van der Waals surface area contributed by atoms with E-state index in [1.807, 2.05) is 84.9 Å². The number of carbonyl (C=O) groups excluding carboxylic acids is 4. The minimum absolute atomic E-state index is 0.134. The lowest BCUT2D eigenvalue weighted by atomic mass is 9.82. The summed E-state index contributed by atoms with van der Waals surface area (Å²) < 4.78 is 0. The van der Waals surface area contributed by atoms with Crippen molar-refractivity contribution in [3.8, 4) is 0 Å². The molecule has 2 heterocycles. The Bertz CT molecular complexity index is 2860. The fourth-order valence-electron chi connectivity index (χ4n) is 10.2. The fraction of sp³-hybridized carbons (Fsp3) is 0.236. The molecular weight excluding hydrogens is 784 g/mol. The minimum Gasteiger partial charge on any atom is -0.271 e. The number of unbranched alkanes of at least 4 members (excludes halogenated alkanes) is 6. The molecule has 0 spiro atoms. The van der Waals surface area contributed by atoms with Crippen LogP contribution in [-0.2, 0) is 0 Å². The molecule has 2 aliphatic rings. The topological polar surface area (TPSA) is 74.8 Å². The summed E-state index contributed by atoms with van der Waals surface area (Å²) in [5.41, 5.74) is 2.59. The van der Waals surface area contributed by atoms with Crippen molar-refractivity contribution < 1.29 is 19.2 Å². The number of imide groups is 2. The maximum Gasteiger partial charge on any atom is 0.265 e. The van der Waals surface area contributed by atoms with Gasteiger partial charge < -0.3 is 0 Å². The first-order valence-corrected chi connectivity index (χ1v) is 23.7. The monoisotopic (exact) mass is 832 g/mol. The van der Waals surface area contributed by atoms with Gasteiger partial charge in [-0.3, -0.25) is 24.1 Å². The minimum atomic E-state index is -0.854. The predicted molar refractivity (Wildman–Crippen MR) is 256 cm³/mol. The van der Waals surface area contributed by atoms with E-state index in [0.717, 1.165) is 102 Å². The number of hydrogen-bond acceptors (Lipinski definition) is 4. The Balaban J connectivity index is 1.03. The summed E-state index contributed by atoms with van der Waals surface area (Å²) in [5.74, 6) is -1.14. The van der Waals surface area contributed by atoms with Crippen LogP contribution >= 0.6 is 7.92 Å². The Labute approximate surface area is 363 Å². The quantitative estimate of drug-likeness (QED) is 0.0339. The summed E-state index contributed by atoms with van der Waals surface area (Å²) in [7, 11) is -0.854. The van der Waals surface area contributed by atoms with Gasteiger partial charge in [0.15, 0.2) is 0 Å². The molecule has 0 aromatic heterocycles. The molecular formula is C55H49N2O4P. The third kappa shape index (κ3) is 6.50. The normalized spacial score (nSPS) is 14.0. The van der Waals surface area contributed by atoms with Crippen LogP contribution in [0, 0.1) is 0 Å². The number of benzene rings is 8. The molecule has 8 aromatic carbocycles. The fourth-order valence-corrected chi connectivity index (χ4v) is 12.5. The van der Waals surface area contributed by atoms with Gasteiger partial charge in [0.2, 0.25) is 0 Å². The van der Waals surface area contributed by atoms with Crippen LogP contribution in [0.2, 0.25) is 0 Å². The predicted octanol–water partition coefficient (Wildman–Crippen LogP) is 12.2. The van der Waals surface area contributed by atoms with Crippen molar-refractivity contribution >= 4 is 96.2 Å². The molecule has 0 saturated heterocycles. The van der Waals surface area contributed by atoms with Gasteiger partial charge in [0.05, 0.1) is 5.69 Å². The Kier molecular flexibility index (Phi) is 10.7. The van der Waals surface area contributed by atoms with Crippen LogP contribution in [0.3, 0.4) is 0 Å². The zero-order valence-corrected chi connectivity index (χ0v) is 36.2. The molecule has 0 N–H and O–H groups in total. The molecule has 62 heavy (non-hydrogen) atoms. The zero-order valence-electron chi connectivity index (χ0n) is 35.3. The Morgan fingerprint density at radius 2 is 0.790 bits per heavy atom. The maximum atomic E-state index is 14.6. The highest BCUT2D eigenvalue weighted by atomic mass is 31.1. The molecule has 7 heteroatoms. The van der Waals surface area contributed by atoms with E-state index in [1.54, 1.807) is 4.90 Å². The molecule has 8 aromatic rings. The third-order valence-corrected chi connectivity index (χ3v) is 15.7. The number of hydrogen-bond donors (Lipinski definition) is 0. The number of rotatable bonds is 15. The molecule has 0 atom stereocenters.